The Kier molecular flexibility index (Phi) is 6.17. The average Bonchev–Trinajstić information content (AvgIpc) is 3.68. The third-order valence-electron chi connectivity index (χ3n) is 7.55. The molecule has 0 bridgehead atoms. The van der Waals surface area contributed by atoms with Gasteiger partial charge >= 0.3 is 6.16 Å². The van der Waals surface area contributed by atoms with Crippen LogP contribution in [0, 0.1) is 0 Å². The summed E-state index contributed by atoms with van der Waals surface area (Å²) in [6.45, 7) is 3.50. The number of hydrogen-bond acceptors (Lipinski definition) is 6. The fourth-order valence-electron chi connectivity index (χ4n) is 5.82. The monoisotopic (exact) mass is 535 g/mol. The Hall–Kier alpha value is -4.69. The van der Waals surface area contributed by atoms with Gasteiger partial charge in [0, 0.05) is 47.9 Å². The highest BCUT2D eigenvalue weighted by atomic mass is 16.7. The smallest absolute Gasteiger partial charge is 0.454 e. The quantitative estimate of drug-likeness (QED) is 0.242. The minimum atomic E-state index is -0.705. The fourth-order valence-corrected chi connectivity index (χ4v) is 5.82. The zero-order chi connectivity index (χ0) is 27.1. The number of benzene rings is 3. The number of carbonyl (C=O) groups is 1. The number of para-hydroxylation sites is 1. The van der Waals surface area contributed by atoms with Gasteiger partial charge in [0.2, 0.25) is 6.79 Å². The number of nitrogens with zero attached hydrogens (tertiary/aromatic N) is 1. The van der Waals surface area contributed by atoms with Crippen molar-refractivity contribution in [3.8, 4) is 17.2 Å². The molecule has 8 heteroatoms. The van der Waals surface area contributed by atoms with Crippen LogP contribution < -0.4 is 19.5 Å². The van der Waals surface area contributed by atoms with Gasteiger partial charge in [-0.1, -0.05) is 54.6 Å². The molecule has 7 rings (SSSR count). The number of ether oxygens (including phenoxy) is 4. The van der Waals surface area contributed by atoms with Gasteiger partial charge in [-0.05, 0) is 41.8 Å². The first-order valence-corrected chi connectivity index (χ1v) is 13.5. The van der Waals surface area contributed by atoms with E-state index in [1.165, 1.54) is 11.1 Å². The summed E-state index contributed by atoms with van der Waals surface area (Å²) in [6.07, 6.45) is -0.0996. The molecule has 2 aliphatic heterocycles. The Morgan fingerprint density at radius 2 is 1.82 bits per heavy atom. The Morgan fingerprint density at radius 3 is 2.70 bits per heavy atom. The van der Waals surface area contributed by atoms with Crippen LogP contribution in [0.3, 0.4) is 0 Å². The van der Waals surface area contributed by atoms with Crippen molar-refractivity contribution in [3.05, 3.63) is 113 Å². The molecule has 3 aromatic carbocycles. The summed E-state index contributed by atoms with van der Waals surface area (Å²) in [6, 6.07) is 26.4. The van der Waals surface area contributed by atoms with Crippen LogP contribution in [0.1, 0.15) is 46.7 Å². The highest BCUT2D eigenvalue weighted by Crippen LogP contribution is 2.45. The highest BCUT2D eigenvalue weighted by Gasteiger charge is 2.35. The first-order chi connectivity index (χ1) is 19.7. The Labute approximate surface area is 231 Å². The van der Waals surface area contributed by atoms with Crippen LogP contribution in [-0.2, 0) is 24.2 Å². The fraction of sp³-hybridized carbons (Fsp3) is 0.219. The minimum Gasteiger partial charge on any atom is -0.454 e. The molecule has 4 heterocycles. The SMILES string of the molecule is CCOC(=O)Oc1cc(CNCc2ccccc2)n2c1Cc1c([nH]c3ccccc13)C2c1ccc2c(c1)OCO2. The third-order valence-corrected chi connectivity index (χ3v) is 7.55. The van der Waals surface area contributed by atoms with Crippen LogP contribution in [0.4, 0.5) is 4.79 Å². The van der Waals surface area contributed by atoms with E-state index in [2.05, 4.69) is 51.3 Å². The van der Waals surface area contributed by atoms with Crippen molar-refractivity contribution in [1.82, 2.24) is 14.9 Å². The number of carbonyl (C=O) groups excluding carboxylic acids is 1. The first kappa shape index (κ1) is 24.4. The lowest BCUT2D eigenvalue weighted by Gasteiger charge is -2.30. The molecule has 8 nitrogen and oxygen atoms in total. The van der Waals surface area contributed by atoms with Gasteiger partial charge in [0.1, 0.15) is 0 Å². The number of H-pyrrole nitrogens is 1. The van der Waals surface area contributed by atoms with E-state index in [1.54, 1.807) is 6.92 Å². The lowest BCUT2D eigenvalue weighted by atomic mass is 9.92. The van der Waals surface area contributed by atoms with Gasteiger partial charge < -0.3 is 33.8 Å². The summed E-state index contributed by atoms with van der Waals surface area (Å²) in [7, 11) is 0. The van der Waals surface area contributed by atoms with Gasteiger partial charge in [0.15, 0.2) is 17.2 Å². The van der Waals surface area contributed by atoms with Gasteiger partial charge in [-0.15, -0.1) is 0 Å². The standard InChI is InChI=1S/C32H29N3O5/c1-2-37-32(36)40-28-15-22(18-33-17-20-8-4-3-5-9-20)35-26(28)16-24-23-10-6-7-11-25(23)34-30(24)31(35)21-12-13-27-29(14-21)39-19-38-27/h3-15,31,33-34H,2,16-19H2,1H3. The summed E-state index contributed by atoms with van der Waals surface area (Å²) >= 11 is 0. The van der Waals surface area contributed by atoms with Crippen LogP contribution >= 0.6 is 0 Å². The van der Waals surface area contributed by atoms with Gasteiger partial charge in [0.05, 0.1) is 18.3 Å². The largest absolute Gasteiger partial charge is 0.513 e. The summed E-state index contributed by atoms with van der Waals surface area (Å²) in [5.74, 6) is 1.97. The maximum Gasteiger partial charge on any atom is 0.513 e. The summed E-state index contributed by atoms with van der Waals surface area (Å²) < 4.78 is 24.6. The predicted octanol–water partition coefficient (Wildman–Crippen LogP) is 6.07. The number of fused-ring (bicyclic) bond motifs is 5. The molecule has 40 heavy (non-hydrogen) atoms. The van der Waals surface area contributed by atoms with E-state index >= 15 is 0 Å². The predicted molar refractivity (Wildman–Crippen MR) is 150 cm³/mol. The van der Waals surface area contributed by atoms with Gasteiger partial charge in [0.25, 0.3) is 0 Å². The van der Waals surface area contributed by atoms with Crippen molar-refractivity contribution >= 4 is 17.1 Å². The second-order valence-electron chi connectivity index (χ2n) is 9.95. The maximum absolute atomic E-state index is 12.5. The second kappa shape index (κ2) is 10.1. The Bertz CT molecular complexity index is 1700. The highest BCUT2D eigenvalue weighted by molar-refractivity contribution is 5.86. The molecule has 0 amide bonds. The minimum absolute atomic E-state index is 0.200. The summed E-state index contributed by atoms with van der Waals surface area (Å²) in [4.78, 5) is 16.2. The number of rotatable bonds is 7. The van der Waals surface area contributed by atoms with Crippen LogP contribution in [0.15, 0.2) is 78.9 Å². The number of aromatic amines is 1. The first-order valence-electron chi connectivity index (χ1n) is 13.5. The van der Waals surface area contributed by atoms with Gasteiger partial charge in [-0.25, -0.2) is 4.79 Å². The zero-order valence-electron chi connectivity index (χ0n) is 22.1. The third kappa shape index (κ3) is 4.26. The average molecular weight is 536 g/mol. The van der Waals surface area contributed by atoms with E-state index in [4.69, 9.17) is 18.9 Å². The van der Waals surface area contributed by atoms with E-state index in [0.29, 0.717) is 25.3 Å². The molecule has 1 atom stereocenters. The van der Waals surface area contributed by atoms with E-state index in [0.717, 1.165) is 45.0 Å². The van der Waals surface area contributed by atoms with Crippen LogP contribution in [0.25, 0.3) is 10.9 Å². The number of aromatic nitrogens is 2. The van der Waals surface area contributed by atoms with E-state index in [9.17, 15) is 4.79 Å². The molecule has 2 N–H and O–H groups in total. The lowest BCUT2D eigenvalue weighted by molar-refractivity contribution is 0.104. The normalized spacial score (nSPS) is 15.1. The molecule has 0 saturated heterocycles. The molecule has 0 fully saturated rings. The van der Waals surface area contributed by atoms with E-state index in [1.807, 2.05) is 42.5 Å². The molecular weight excluding hydrogens is 506 g/mol. The summed E-state index contributed by atoms with van der Waals surface area (Å²) in [5.41, 5.74) is 7.51. The molecule has 2 aliphatic rings. The van der Waals surface area contributed by atoms with Crippen molar-refractivity contribution in [2.24, 2.45) is 0 Å². The van der Waals surface area contributed by atoms with E-state index < -0.39 is 6.16 Å². The lowest BCUT2D eigenvalue weighted by Crippen LogP contribution is -2.26. The van der Waals surface area contributed by atoms with Crippen molar-refractivity contribution in [1.29, 1.82) is 0 Å². The topological polar surface area (TPSA) is 86.7 Å². The van der Waals surface area contributed by atoms with Gasteiger partial charge in [-0.3, -0.25) is 0 Å². The molecule has 0 saturated carbocycles. The molecule has 0 aliphatic carbocycles. The second-order valence-corrected chi connectivity index (χ2v) is 9.95. The number of hydrogen-bond donors (Lipinski definition) is 2. The van der Waals surface area contributed by atoms with Crippen LogP contribution in [-0.4, -0.2) is 29.1 Å². The molecule has 2 aromatic heterocycles. The van der Waals surface area contributed by atoms with Crippen molar-refractivity contribution in [2.45, 2.75) is 32.5 Å². The van der Waals surface area contributed by atoms with Crippen molar-refractivity contribution < 1.29 is 23.7 Å². The van der Waals surface area contributed by atoms with Crippen molar-refractivity contribution in [2.75, 3.05) is 13.4 Å². The summed E-state index contributed by atoms with van der Waals surface area (Å²) in [5, 5.41) is 4.73. The van der Waals surface area contributed by atoms with E-state index in [-0.39, 0.29) is 19.4 Å². The Morgan fingerprint density at radius 1 is 1.00 bits per heavy atom. The maximum atomic E-state index is 12.5. The molecule has 202 valence electrons. The molecule has 0 spiro atoms. The van der Waals surface area contributed by atoms with Crippen LogP contribution in [0.2, 0.25) is 0 Å². The number of nitrogens with one attached hydrogen (secondary N) is 2. The molecule has 0 radical (unpaired) electrons. The zero-order valence-corrected chi connectivity index (χ0v) is 22.1. The molecule has 5 aromatic rings. The Balaban J connectivity index is 1.36. The van der Waals surface area contributed by atoms with Gasteiger partial charge in [-0.2, -0.15) is 0 Å². The molecular formula is C32H29N3O5. The molecule has 1 unspecified atom stereocenters. The van der Waals surface area contributed by atoms with Crippen LogP contribution in [0.5, 0.6) is 17.2 Å². The van der Waals surface area contributed by atoms with Crippen molar-refractivity contribution in [3.63, 3.8) is 0 Å².